The molecule has 3 heteroatoms. The molecule has 1 aliphatic rings. The van der Waals surface area contributed by atoms with E-state index in [9.17, 15) is 4.39 Å². The van der Waals surface area contributed by atoms with Crippen LogP contribution < -0.4 is 5.32 Å². The second-order valence-electron chi connectivity index (χ2n) is 6.35. The molecule has 0 heterocycles. The highest BCUT2D eigenvalue weighted by atomic mass is 19.1. The van der Waals surface area contributed by atoms with Gasteiger partial charge in [-0.3, -0.25) is 0 Å². The van der Waals surface area contributed by atoms with E-state index in [2.05, 4.69) is 12.2 Å². The van der Waals surface area contributed by atoms with Crippen LogP contribution in [0.3, 0.4) is 0 Å². The highest BCUT2D eigenvalue weighted by Crippen LogP contribution is 2.47. The van der Waals surface area contributed by atoms with Gasteiger partial charge in [-0.25, -0.2) is 4.39 Å². The Morgan fingerprint density at radius 1 is 1.40 bits per heavy atom. The van der Waals surface area contributed by atoms with E-state index in [0.29, 0.717) is 0 Å². The predicted molar refractivity (Wildman–Crippen MR) is 80.4 cm³/mol. The Kier molecular flexibility index (Phi) is 5.17. The molecule has 1 N–H and O–H groups in total. The van der Waals surface area contributed by atoms with Gasteiger partial charge in [0.2, 0.25) is 0 Å². The van der Waals surface area contributed by atoms with E-state index >= 15 is 0 Å². The number of halogens is 1. The average Bonchev–Trinajstić information content (AvgIpc) is 3.23. The summed E-state index contributed by atoms with van der Waals surface area (Å²) in [5.41, 5.74) is 2.60. The molecule has 0 aromatic heterocycles. The van der Waals surface area contributed by atoms with E-state index < -0.39 is 0 Å². The second-order valence-corrected chi connectivity index (χ2v) is 6.35. The molecule has 0 amide bonds. The van der Waals surface area contributed by atoms with Crippen molar-refractivity contribution in [1.29, 1.82) is 0 Å². The average molecular weight is 279 g/mol. The van der Waals surface area contributed by atoms with Crippen LogP contribution in [-0.4, -0.2) is 26.8 Å². The number of benzene rings is 1. The van der Waals surface area contributed by atoms with Crippen molar-refractivity contribution in [3.63, 3.8) is 0 Å². The lowest BCUT2D eigenvalue weighted by Gasteiger charge is -2.31. The van der Waals surface area contributed by atoms with Crippen LogP contribution in [0.1, 0.15) is 30.9 Å². The summed E-state index contributed by atoms with van der Waals surface area (Å²) in [6.07, 6.45) is 3.66. The predicted octanol–water partition coefficient (Wildman–Crippen LogP) is 3.33. The Bertz CT molecular complexity index is 445. The number of hydrogen-bond donors (Lipinski definition) is 1. The monoisotopic (exact) mass is 279 g/mol. The van der Waals surface area contributed by atoms with Crippen molar-refractivity contribution in [3.8, 4) is 0 Å². The van der Waals surface area contributed by atoms with Crippen LogP contribution >= 0.6 is 0 Å². The molecule has 1 saturated carbocycles. The van der Waals surface area contributed by atoms with Crippen molar-refractivity contribution in [2.45, 2.75) is 33.1 Å². The van der Waals surface area contributed by atoms with Gasteiger partial charge in [-0.2, -0.15) is 0 Å². The molecule has 20 heavy (non-hydrogen) atoms. The Balaban J connectivity index is 2.00. The van der Waals surface area contributed by atoms with Gasteiger partial charge in [0.1, 0.15) is 5.82 Å². The van der Waals surface area contributed by atoms with Gasteiger partial charge in [0.25, 0.3) is 0 Å². The third-order valence-electron chi connectivity index (χ3n) is 4.47. The largest absolute Gasteiger partial charge is 0.383 e. The van der Waals surface area contributed by atoms with Gasteiger partial charge < -0.3 is 10.1 Å². The zero-order valence-corrected chi connectivity index (χ0v) is 12.8. The molecular weight excluding hydrogens is 253 g/mol. The standard InChI is InChI=1S/C17H26FNO/c1-13-10-16(18)7-4-14(13)11-17(2,15-5-6-15)12-19-8-9-20-3/h4,7,10,15,19H,5-6,8-9,11-12H2,1-3H3. The molecule has 0 radical (unpaired) electrons. The van der Waals surface area contributed by atoms with Gasteiger partial charge in [-0.1, -0.05) is 13.0 Å². The number of rotatable bonds is 8. The Hall–Kier alpha value is -0.930. The fourth-order valence-corrected chi connectivity index (χ4v) is 2.97. The molecule has 1 fully saturated rings. The van der Waals surface area contributed by atoms with Crippen LogP contribution in [0.2, 0.25) is 0 Å². The van der Waals surface area contributed by atoms with E-state index in [-0.39, 0.29) is 11.2 Å². The summed E-state index contributed by atoms with van der Waals surface area (Å²) in [6, 6.07) is 5.16. The first kappa shape index (κ1) is 15.5. The quantitative estimate of drug-likeness (QED) is 0.737. The lowest BCUT2D eigenvalue weighted by atomic mass is 9.78. The minimum atomic E-state index is -0.141. The minimum absolute atomic E-state index is 0.141. The SMILES string of the molecule is COCCNCC(C)(Cc1ccc(F)cc1C)C1CC1. The third kappa shape index (κ3) is 4.03. The summed E-state index contributed by atoms with van der Waals surface area (Å²) >= 11 is 0. The highest BCUT2D eigenvalue weighted by Gasteiger charge is 2.41. The lowest BCUT2D eigenvalue weighted by Crippen LogP contribution is -2.37. The van der Waals surface area contributed by atoms with Crippen molar-refractivity contribution < 1.29 is 9.13 Å². The van der Waals surface area contributed by atoms with Crippen LogP contribution in [0, 0.1) is 24.1 Å². The van der Waals surface area contributed by atoms with Crippen LogP contribution in [0.15, 0.2) is 18.2 Å². The summed E-state index contributed by atoms with van der Waals surface area (Å²) in [5.74, 6) is 0.652. The Morgan fingerprint density at radius 2 is 2.15 bits per heavy atom. The van der Waals surface area contributed by atoms with Crippen molar-refractivity contribution >= 4 is 0 Å². The number of aryl methyl sites for hydroxylation is 1. The fraction of sp³-hybridized carbons (Fsp3) is 0.647. The summed E-state index contributed by atoms with van der Waals surface area (Å²) in [4.78, 5) is 0. The highest BCUT2D eigenvalue weighted by molar-refractivity contribution is 5.28. The first-order valence-corrected chi connectivity index (χ1v) is 7.50. The first-order valence-electron chi connectivity index (χ1n) is 7.50. The van der Waals surface area contributed by atoms with Crippen molar-refractivity contribution in [3.05, 3.63) is 35.1 Å². The van der Waals surface area contributed by atoms with E-state index in [1.807, 2.05) is 13.0 Å². The number of hydrogen-bond acceptors (Lipinski definition) is 2. The molecule has 2 nitrogen and oxygen atoms in total. The van der Waals surface area contributed by atoms with Crippen LogP contribution in [0.5, 0.6) is 0 Å². The normalized spacial score (nSPS) is 18.0. The van der Waals surface area contributed by atoms with Crippen molar-refractivity contribution in [1.82, 2.24) is 5.32 Å². The molecule has 0 bridgehead atoms. The van der Waals surface area contributed by atoms with Gasteiger partial charge >= 0.3 is 0 Å². The van der Waals surface area contributed by atoms with E-state index in [4.69, 9.17) is 4.74 Å². The first-order chi connectivity index (χ1) is 9.55. The van der Waals surface area contributed by atoms with E-state index in [1.165, 1.54) is 18.4 Å². The zero-order chi connectivity index (χ0) is 14.6. The molecule has 112 valence electrons. The second kappa shape index (κ2) is 6.68. The summed E-state index contributed by atoms with van der Waals surface area (Å²) < 4.78 is 18.3. The molecule has 1 unspecified atom stereocenters. The summed E-state index contributed by atoms with van der Waals surface area (Å²) in [5, 5.41) is 3.50. The topological polar surface area (TPSA) is 21.3 Å². The summed E-state index contributed by atoms with van der Waals surface area (Å²) in [6.45, 7) is 6.99. The lowest BCUT2D eigenvalue weighted by molar-refractivity contribution is 0.187. The van der Waals surface area contributed by atoms with Gasteiger partial charge in [-0.15, -0.1) is 0 Å². The molecular formula is C17H26FNO. The van der Waals surface area contributed by atoms with Gasteiger partial charge in [-0.05, 0) is 60.8 Å². The van der Waals surface area contributed by atoms with Crippen LogP contribution in [0.25, 0.3) is 0 Å². The van der Waals surface area contributed by atoms with E-state index in [1.54, 1.807) is 19.2 Å². The fourth-order valence-electron chi connectivity index (χ4n) is 2.97. The molecule has 0 aliphatic heterocycles. The van der Waals surface area contributed by atoms with Gasteiger partial charge in [0.15, 0.2) is 0 Å². The van der Waals surface area contributed by atoms with E-state index in [0.717, 1.165) is 37.6 Å². The molecule has 1 atom stereocenters. The maximum atomic E-state index is 13.2. The van der Waals surface area contributed by atoms with Crippen molar-refractivity contribution in [2.24, 2.45) is 11.3 Å². The van der Waals surface area contributed by atoms with Crippen molar-refractivity contribution in [2.75, 3.05) is 26.8 Å². The third-order valence-corrected chi connectivity index (χ3v) is 4.47. The number of ether oxygens (including phenoxy) is 1. The molecule has 0 saturated heterocycles. The van der Waals surface area contributed by atoms with Crippen LogP contribution in [0.4, 0.5) is 4.39 Å². The smallest absolute Gasteiger partial charge is 0.123 e. The number of methoxy groups -OCH3 is 1. The molecule has 1 aromatic carbocycles. The van der Waals surface area contributed by atoms with Gasteiger partial charge in [0, 0.05) is 20.2 Å². The molecule has 2 rings (SSSR count). The summed E-state index contributed by atoms with van der Waals surface area (Å²) in [7, 11) is 1.73. The zero-order valence-electron chi connectivity index (χ0n) is 12.8. The molecule has 1 aliphatic carbocycles. The molecule has 0 spiro atoms. The van der Waals surface area contributed by atoms with Crippen LogP contribution in [-0.2, 0) is 11.2 Å². The van der Waals surface area contributed by atoms with Gasteiger partial charge in [0.05, 0.1) is 6.61 Å². The molecule has 1 aromatic rings. The Morgan fingerprint density at radius 3 is 2.75 bits per heavy atom. The maximum Gasteiger partial charge on any atom is 0.123 e. The maximum absolute atomic E-state index is 13.2. The minimum Gasteiger partial charge on any atom is -0.383 e. The number of nitrogens with one attached hydrogen (secondary N) is 1. The Labute approximate surface area is 121 Å².